The van der Waals surface area contributed by atoms with Crippen LogP contribution in [0.5, 0.6) is 0 Å². The van der Waals surface area contributed by atoms with Crippen molar-refractivity contribution in [3.63, 3.8) is 0 Å². The third kappa shape index (κ3) is 1.76. The van der Waals surface area contributed by atoms with Gasteiger partial charge in [0.2, 0.25) is 0 Å². The second-order valence-electron chi connectivity index (χ2n) is 5.57. The topological polar surface area (TPSA) is 29.6 Å². The third-order valence-electron chi connectivity index (χ3n) is 3.87. The molecule has 0 amide bonds. The van der Waals surface area contributed by atoms with E-state index in [1.165, 1.54) is 0 Å². The van der Waals surface area contributed by atoms with Crippen LogP contribution < -0.4 is 0 Å². The molecule has 84 valence electrons. The quantitative estimate of drug-likeness (QED) is 0.515. The van der Waals surface area contributed by atoms with Crippen molar-refractivity contribution < 1.29 is 9.53 Å². The lowest BCUT2D eigenvalue weighted by atomic mass is 9.62. The Hall–Kier alpha value is -0.630. The maximum absolute atomic E-state index is 12.0. The minimum Gasteiger partial charge on any atom is -0.369 e. The number of hydrogen-bond donors (Lipinski definition) is 0. The molecule has 15 heavy (non-hydrogen) atoms. The standard InChI is InChI=1S/C13H20O2/c1-5-6-9(14)11-8(2)12-10(15-12)7-13(11,3)4/h5-6,8,10-12H,7H2,1-4H3/b6-5+. The summed E-state index contributed by atoms with van der Waals surface area (Å²) in [6.45, 7) is 8.42. The molecule has 0 aromatic heterocycles. The van der Waals surface area contributed by atoms with Crippen LogP contribution in [0.3, 0.4) is 0 Å². The zero-order chi connectivity index (χ0) is 11.2. The Bertz CT molecular complexity index is 304. The number of ether oxygens (including phenoxy) is 1. The predicted molar refractivity (Wildman–Crippen MR) is 59.5 cm³/mol. The highest BCUT2D eigenvalue weighted by Crippen LogP contribution is 2.52. The number of hydrogen-bond acceptors (Lipinski definition) is 2. The van der Waals surface area contributed by atoms with E-state index in [4.69, 9.17) is 4.74 Å². The third-order valence-corrected chi connectivity index (χ3v) is 3.87. The average molecular weight is 208 g/mol. The molecular weight excluding hydrogens is 188 g/mol. The fourth-order valence-electron chi connectivity index (χ4n) is 3.24. The first-order valence-corrected chi connectivity index (χ1v) is 5.79. The van der Waals surface area contributed by atoms with Crippen LogP contribution in [0.2, 0.25) is 0 Å². The van der Waals surface area contributed by atoms with Gasteiger partial charge in [0.25, 0.3) is 0 Å². The summed E-state index contributed by atoms with van der Waals surface area (Å²) >= 11 is 0. The first-order chi connectivity index (χ1) is 6.97. The van der Waals surface area contributed by atoms with E-state index in [9.17, 15) is 4.79 Å². The van der Waals surface area contributed by atoms with Crippen molar-refractivity contribution in [3.8, 4) is 0 Å². The molecule has 4 atom stereocenters. The van der Waals surface area contributed by atoms with Gasteiger partial charge in [-0.2, -0.15) is 0 Å². The number of fused-ring (bicyclic) bond motifs is 1. The molecule has 1 saturated heterocycles. The second kappa shape index (κ2) is 3.44. The highest BCUT2D eigenvalue weighted by atomic mass is 16.6. The molecule has 2 fully saturated rings. The summed E-state index contributed by atoms with van der Waals surface area (Å²) in [5.41, 5.74) is 0.0771. The summed E-state index contributed by atoms with van der Waals surface area (Å²) in [4.78, 5) is 12.0. The minimum atomic E-state index is 0.0771. The fourth-order valence-corrected chi connectivity index (χ4v) is 3.24. The Morgan fingerprint density at radius 1 is 1.47 bits per heavy atom. The van der Waals surface area contributed by atoms with Gasteiger partial charge < -0.3 is 4.74 Å². The molecule has 2 heteroatoms. The van der Waals surface area contributed by atoms with Gasteiger partial charge in [-0.15, -0.1) is 0 Å². The monoisotopic (exact) mass is 208 g/mol. The van der Waals surface area contributed by atoms with Gasteiger partial charge in [0, 0.05) is 5.92 Å². The smallest absolute Gasteiger partial charge is 0.159 e. The van der Waals surface area contributed by atoms with Gasteiger partial charge in [-0.1, -0.05) is 26.8 Å². The van der Waals surface area contributed by atoms with E-state index in [0.717, 1.165) is 6.42 Å². The highest BCUT2D eigenvalue weighted by molar-refractivity contribution is 5.92. The van der Waals surface area contributed by atoms with Gasteiger partial charge in [-0.25, -0.2) is 0 Å². The Labute approximate surface area is 91.7 Å². The molecule has 0 radical (unpaired) electrons. The number of epoxide rings is 1. The maximum atomic E-state index is 12.0. The SMILES string of the molecule is C/C=C/C(=O)C1C(C)C2OC2CC1(C)C. The van der Waals surface area contributed by atoms with Crippen molar-refractivity contribution in [3.05, 3.63) is 12.2 Å². The van der Waals surface area contributed by atoms with Gasteiger partial charge in [0.15, 0.2) is 5.78 Å². The summed E-state index contributed by atoms with van der Waals surface area (Å²) < 4.78 is 5.61. The van der Waals surface area contributed by atoms with Gasteiger partial charge in [-0.05, 0) is 30.8 Å². The van der Waals surface area contributed by atoms with Crippen LogP contribution in [-0.2, 0) is 9.53 Å². The molecule has 0 aromatic rings. The van der Waals surface area contributed by atoms with Crippen LogP contribution in [0.4, 0.5) is 0 Å². The van der Waals surface area contributed by atoms with Gasteiger partial charge in [0.1, 0.15) is 0 Å². The fraction of sp³-hybridized carbons (Fsp3) is 0.769. The lowest BCUT2D eigenvalue weighted by Gasteiger charge is -2.39. The van der Waals surface area contributed by atoms with Crippen molar-refractivity contribution in [2.45, 2.75) is 46.3 Å². The van der Waals surface area contributed by atoms with E-state index in [1.54, 1.807) is 6.08 Å². The Kier molecular flexibility index (Phi) is 2.50. The van der Waals surface area contributed by atoms with Gasteiger partial charge in [-0.3, -0.25) is 4.79 Å². The summed E-state index contributed by atoms with van der Waals surface area (Å²) in [7, 11) is 0. The molecular formula is C13H20O2. The molecule has 4 unspecified atom stereocenters. The predicted octanol–water partition coefficient (Wildman–Crippen LogP) is 2.58. The normalized spacial score (nSPS) is 42.7. The Morgan fingerprint density at radius 3 is 2.73 bits per heavy atom. The van der Waals surface area contributed by atoms with Crippen molar-refractivity contribution in [1.29, 1.82) is 0 Å². The van der Waals surface area contributed by atoms with Crippen LogP contribution in [-0.4, -0.2) is 18.0 Å². The first-order valence-electron chi connectivity index (χ1n) is 5.79. The zero-order valence-corrected chi connectivity index (χ0v) is 9.99. The second-order valence-corrected chi connectivity index (χ2v) is 5.57. The van der Waals surface area contributed by atoms with Crippen molar-refractivity contribution in [2.75, 3.05) is 0 Å². The van der Waals surface area contributed by atoms with Crippen LogP contribution in [0.15, 0.2) is 12.2 Å². The highest BCUT2D eigenvalue weighted by Gasteiger charge is 2.57. The molecule has 0 N–H and O–H groups in total. The maximum Gasteiger partial charge on any atom is 0.159 e. The number of carbonyl (C=O) groups is 1. The van der Waals surface area contributed by atoms with E-state index in [1.807, 2.05) is 13.0 Å². The Balaban J connectivity index is 2.22. The molecule has 2 nitrogen and oxygen atoms in total. The van der Waals surface area contributed by atoms with Crippen molar-refractivity contribution in [1.82, 2.24) is 0 Å². The number of rotatable bonds is 2. The van der Waals surface area contributed by atoms with Gasteiger partial charge in [0.05, 0.1) is 12.2 Å². The van der Waals surface area contributed by atoms with E-state index >= 15 is 0 Å². The van der Waals surface area contributed by atoms with Crippen LogP contribution >= 0.6 is 0 Å². The van der Waals surface area contributed by atoms with E-state index < -0.39 is 0 Å². The first kappa shape index (κ1) is 10.9. The lowest BCUT2D eigenvalue weighted by molar-refractivity contribution is -0.124. The van der Waals surface area contributed by atoms with Crippen molar-refractivity contribution in [2.24, 2.45) is 17.3 Å². The van der Waals surface area contributed by atoms with E-state index in [2.05, 4.69) is 20.8 Å². The number of allylic oxidation sites excluding steroid dienone is 2. The van der Waals surface area contributed by atoms with E-state index in [0.29, 0.717) is 18.1 Å². The summed E-state index contributed by atoms with van der Waals surface area (Å²) in [6, 6.07) is 0. The molecule has 0 spiro atoms. The van der Waals surface area contributed by atoms with Crippen LogP contribution in [0, 0.1) is 17.3 Å². The largest absolute Gasteiger partial charge is 0.369 e. The molecule has 0 aromatic carbocycles. The number of carbonyl (C=O) groups excluding carboxylic acids is 1. The van der Waals surface area contributed by atoms with Crippen LogP contribution in [0.25, 0.3) is 0 Å². The minimum absolute atomic E-state index is 0.0771. The molecule has 1 aliphatic carbocycles. The average Bonchev–Trinajstić information content (AvgIpc) is 2.81. The van der Waals surface area contributed by atoms with Gasteiger partial charge >= 0.3 is 0 Å². The summed E-state index contributed by atoms with van der Waals surface area (Å²) in [6.07, 6.45) is 5.34. The molecule has 2 rings (SSSR count). The molecule has 0 bridgehead atoms. The molecule has 1 aliphatic heterocycles. The summed E-state index contributed by atoms with van der Waals surface area (Å²) in [5, 5.41) is 0. The summed E-state index contributed by atoms with van der Waals surface area (Å²) in [5.74, 6) is 0.754. The van der Waals surface area contributed by atoms with Crippen molar-refractivity contribution >= 4 is 5.78 Å². The lowest BCUT2D eigenvalue weighted by Crippen LogP contribution is -2.42. The molecule has 2 aliphatic rings. The Morgan fingerprint density at radius 2 is 2.13 bits per heavy atom. The molecule has 1 heterocycles. The van der Waals surface area contributed by atoms with E-state index in [-0.39, 0.29) is 17.1 Å². The zero-order valence-electron chi connectivity index (χ0n) is 9.99. The van der Waals surface area contributed by atoms with Crippen LogP contribution in [0.1, 0.15) is 34.1 Å². The number of ketones is 1. The molecule has 1 saturated carbocycles.